The number of nitrogens with one attached hydrogen (secondary N) is 1. The Bertz CT molecular complexity index is 967. The number of fused-ring (bicyclic) bond motifs is 1. The zero-order chi connectivity index (χ0) is 23.2. The molecule has 1 aliphatic carbocycles. The van der Waals surface area contributed by atoms with Crippen molar-refractivity contribution in [2.75, 3.05) is 11.9 Å². The number of phenols is 2. The Labute approximate surface area is 180 Å². The molecular weight excluding hydrogens is 402 g/mol. The Morgan fingerprint density at radius 1 is 1.19 bits per heavy atom. The first-order chi connectivity index (χ1) is 14.3. The summed E-state index contributed by atoms with van der Waals surface area (Å²) in [5.41, 5.74) is -2.17. The first-order valence-corrected chi connectivity index (χ1v) is 10.2. The second kappa shape index (κ2) is 7.67. The van der Waals surface area contributed by atoms with E-state index < -0.39 is 34.4 Å². The van der Waals surface area contributed by atoms with Gasteiger partial charge in [-0.3, -0.25) is 9.59 Å². The van der Waals surface area contributed by atoms with Crippen LogP contribution in [0.1, 0.15) is 57.3 Å². The lowest BCUT2D eigenvalue weighted by atomic mass is 9.54. The molecule has 0 spiro atoms. The van der Waals surface area contributed by atoms with Crippen molar-refractivity contribution >= 4 is 23.3 Å². The number of ether oxygens (including phenoxy) is 1. The van der Waals surface area contributed by atoms with Crippen LogP contribution in [0.25, 0.3) is 0 Å². The molecule has 31 heavy (non-hydrogen) atoms. The zero-order valence-corrected chi connectivity index (χ0v) is 18.2. The molecule has 1 heterocycles. The minimum atomic E-state index is -1.39. The van der Waals surface area contributed by atoms with E-state index in [-0.39, 0.29) is 41.2 Å². The molecule has 0 radical (unpaired) electrons. The lowest BCUT2D eigenvalue weighted by molar-refractivity contribution is -0.166. The molecule has 1 fully saturated rings. The van der Waals surface area contributed by atoms with E-state index in [1.165, 1.54) is 0 Å². The minimum Gasteiger partial charge on any atom is -0.506 e. The predicted octanol–water partition coefficient (Wildman–Crippen LogP) is 3.48. The first kappa shape index (κ1) is 22.8. The van der Waals surface area contributed by atoms with Crippen molar-refractivity contribution in [2.24, 2.45) is 16.7 Å². The standard InChI is InChI=1S/C23H29NO7/c1-21(2)12-22(3)9-7-16(26)23(4,15(22)11-31-21)10-8-17(27)24-18-14(25)6-5-13(19(18)28)20(29)30/h5-7,9,15,25,28H,8,10-12H2,1-4H3,(H,24,27)(H,29,30)/t15-,22-,23+/m1/s1. The SMILES string of the molecule is CC1(C)C[C@@]2(C)C=CC(=O)[C@@](C)(CCC(=O)Nc3c(O)ccc(C(=O)O)c3O)[C@@H]2CO1. The van der Waals surface area contributed by atoms with Crippen LogP contribution in [-0.4, -0.2) is 45.2 Å². The highest BCUT2D eigenvalue weighted by Gasteiger charge is 2.55. The van der Waals surface area contributed by atoms with Gasteiger partial charge in [-0.1, -0.05) is 19.9 Å². The van der Waals surface area contributed by atoms with E-state index in [4.69, 9.17) is 9.84 Å². The molecule has 168 valence electrons. The molecule has 8 heteroatoms. The lowest BCUT2D eigenvalue weighted by Crippen LogP contribution is -2.55. The largest absolute Gasteiger partial charge is 0.506 e. The highest BCUT2D eigenvalue weighted by Crippen LogP contribution is 2.55. The van der Waals surface area contributed by atoms with Gasteiger partial charge in [0.1, 0.15) is 17.0 Å². The van der Waals surface area contributed by atoms with Crippen molar-refractivity contribution in [3.8, 4) is 11.5 Å². The minimum absolute atomic E-state index is 0.0533. The zero-order valence-electron chi connectivity index (χ0n) is 18.2. The second-order valence-electron chi connectivity index (χ2n) is 9.63. The summed E-state index contributed by atoms with van der Waals surface area (Å²) in [6.45, 7) is 8.40. The second-order valence-corrected chi connectivity index (χ2v) is 9.63. The van der Waals surface area contributed by atoms with Crippen molar-refractivity contribution in [3.05, 3.63) is 29.8 Å². The summed E-state index contributed by atoms with van der Waals surface area (Å²) in [5, 5.41) is 31.5. The Morgan fingerprint density at radius 2 is 1.87 bits per heavy atom. The Hall–Kier alpha value is -2.87. The van der Waals surface area contributed by atoms with Crippen LogP contribution in [0.3, 0.4) is 0 Å². The molecular formula is C23H29NO7. The van der Waals surface area contributed by atoms with Gasteiger partial charge in [0, 0.05) is 17.8 Å². The summed E-state index contributed by atoms with van der Waals surface area (Å²) in [5.74, 6) is -3.27. The predicted molar refractivity (Wildman–Crippen MR) is 113 cm³/mol. The van der Waals surface area contributed by atoms with Crippen LogP contribution < -0.4 is 5.32 Å². The number of phenolic OH excluding ortho intramolecular Hbond substituents is 1. The summed E-state index contributed by atoms with van der Waals surface area (Å²) in [6.07, 6.45) is 4.50. The average molecular weight is 431 g/mol. The number of rotatable bonds is 5. The van der Waals surface area contributed by atoms with Crippen molar-refractivity contribution in [1.29, 1.82) is 0 Å². The van der Waals surface area contributed by atoms with Crippen LogP contribution in [0, 0.1) is 16.7 Å². The maximum Gasteiger partial charge on any atom is 0.339 e. The number of carbonyl (C=O) groups is 3. The van der Waals surface area contributed by atoms with Crippen LogP contribution in [0.15, 0.2) is 24.3 Å². The fraction of sp³-hybridized carbons (Fsp3) is 0.522. The van der Waals surface area contributed by atoms with Crippen LogP contribution in [-0.2, 0) is 14.3 Å². The highest BCUT2D eigenvalue weighted by atomic mass is 16.5. The van der Waals surface area contributed by atoms with E-state index in [2.05, 4.69) is 12.2 Å². The quantitative estimate of drug-likeness (QED) is 0.525. The van der Waals surface area contributed by atoms with Gasteiger partial charge in [-0.15, -0.1) is 0 Å². The maximum absolute atomic E-state index is 12.9. The van der Waals surface area contributed by atoms with Gasteiger partial charge in [0.2, 0.25) is 5.91 Å². The molecule has 0 saturated carbocycles. The number of allylic oxidation sites excluding steroid dienone is 2. The summed E-state index contributed by atoms with van der Waals surface area (Å²) in [4.78, 5) is 36.6. The third-order valence-corrected chi connectivity index (χ3v) is 6.71. The van der Waals surface area contributed by atoms with Crippen LogP contribution >= 0.6 is 0 Å². The van der Waals surface area contributed by atoms with E-state index in [9.17, 15) is 24.6 Å². The number of carbonyl (C=O) groups excluding carboxylic acids is 2. The molecule has 3 atom stereocenters. The van der Waals surface area contributed by atoms with E-state index >= 15 is 0 Å². The molecule has 1 saturated heterocycles. The molecule has 0 unspecified atom stereocenters. The Kier molecular flexibility index (Phi) is 5.65. The van der Waals surface area contributed by atoms with Crippen LogP contribution in [0.5, 0.6) is 11.5 Å². The number of aromatic carboxylic acids is 1. The molecule has 0 bridgehead atoms. The molecule has 2 aliphatic rings. The molecule has 1 aromatic rings. The molecule has 4 N–H and O–H groups in total. The van der Waals surface area contributed by atoms with Crippen molar-refractivity contribution in [2.45, 2.75) is 52.6 Å². The summed E-state index contributed by atoms with van der Waals surface area (Å²) in [7, 11) is 0. The number of anilines is 1. The van der Waals surface area contributed by atoms with Crippen molar-refractivity contribution in [1.82, 2.24) is 0 Å². The van der Waals surface area contributed by atoms with Gasteiger partial charge in [0.25, 0.3) is 0 Å². The number of carboxylic acids is 1. The van der Waals surface area contributed by atoms with Crippen molar-refractivity contribution < 1.29 is 34.4 Å². The number of amides is 1. The topological polar surface area (TPSA) is 133 Å². The van der Waals surface area contributed by atoms with Crippen LogP contribution in [0.2, 0.25) is 0 Å². The number of aromatic hydroxyl groups is 2. The van der Waals surface area contributed by atoms with E-state index in [0.29, 0.717) is 6.61 Å². The summed E-state index contributed by atoms with van der Waals surface area (Å²) in [6, 6.07) is 2.13. The summed E-state index contributed by atoms with van der Waals surface area (Å²) >= 11 is 0. The molecule has 3 rings (SSSR count). The van der Waals surface area contributed by atoms with Crippen LogP contribution in [0.4, 0.5) is 5.69 Å². The number of hydrogen-bond donors (Lipinski definition) is 4. The highest BCUT2D eigenvalue weighted by molar-refractivity contribution is 6.00. The van der Waals surface area contributed by atoms with Gasteiger partial charge in [-0.05, 0) is 50.3 Å². The summed E-state index contributed by atoms with van der Waals surface area (Å²) < 4.78 is 6.00. The average Bonchev–Trinajstić information content (AvgIpc) is 2.65. The monoisotopic (exact) mass is 431 g/mol. The first-order valence-electron chi connectivity index (χ1n) is 10.2. The molecule has 1 amide bonds. The van der Waals surface area contributed by atoms with Crippen molar-refractivity contribution in [3.63, 3.8) is 0 Å². The number of benzene rings is 1. The van der Waals surface area contributed by atoms with Gasteiger partial charge >= 0.3 is 5.97 Å². The van der Waals surface area contributed by atoms with E-state index in [0.717, 1.165) is 18.6 Å². The van der Waals surface area contributed by atoms with E-state index in [1.807, 2.05) is 26.8 Å². The number of ketones is 1. The lowest BCUT2D eigenvalue weighted by Gasteiger charge is -2.54. The van der Waals surface area contributed by atoms with Gasteiger partial charge in [0.05, 0.1) is 12.2 Å². The molecule has 1 aliphatic heterocycles. The number of carboxylic acid groups (broad SMARTS) is 1. The van der Waals surface area contributed by atoms with Gasteiger partial charge < -0.3 is 25.4 Å². The Balaban J connectivity index is 1.77. The fourth-order valence-electron chi connectivity index (χ4n) is 5.05. The smallest absolute Gasteiger partial charge is 0.339 e. The van der Waals surface area contributed by atoms with Gasteiger partial charge in [0.15, 0.2) is 11.5 Å². The fourth-order valence-corrected chi connectivity index (χ4v) is 5.05. The number of hydrogen-bond acceptors (Lipinski definition) is 6. The Morgan fingerprint density at radius 3 is 2.52 bits per heavy atom. The van der Waals surface area contributed by atoms with Gasteiger partial charge in [-0.2, -0.15) is 0 Å². The van der Waals surface area contributed by atoms with Gasteiger partial charge in [-0.25, -0.2) is 4.79 Å². The molecule has 0 aromatic heterocycles. The van der Waals surface area contributed by atoms with E-state index in [1.54, 1.807) is 6.08 Å². The maximum atomic E-state index is 12.9. The normalized spacial score (nSPS) is 29.3. The third kappa shape index (κ3) is 4.17. The third-order valence-electron chi connectivity index (χ3n) is 6.71. The molecule has 1 aromatic carbocycles. The molecule has 8 nitrogen and oxygen atoms in total.